The van der Waals surface area contributed by atoms with Gasteiger partial charge in [-0.25, -0.2) is 4.39 Å². The number of carbonyl (C=O) groups excluding carboxylic acids is 1. The van der Waals surface area contributed by atoms with Gasteiger partial charge in [-0.2, -0.15) is 0 Å². The maximum atomic E-state index is 13.4. The van der Waals surface area contributed by atoms with Crippen molar-refractivity contribution in [1.29, 1.82) is 0 Å². The van der Waals surface area contributed by atoms with E-state index in [-0.39, 0.29) is 17.6 Å². The maximum Gasteiger partial charge on any atom is 0.244 e. The highest BCUT2D eigenvalue weighted by Gasteiger charge is 2.11. The summed E-state index contributed by atoms with van der Waals surface area (Å²) in [5.41, 5.74) is 3.12. The zero-order valence-corrected chi connectivity index (χ0v) is 13.6. The normalized spacial score (nSPS) is 11.6. The molecule has 0 atom stereocenters. The molecule has 2 rings (SSSR count). The zero-order chi connectivity index (χ0) is 16.8. The number of nitrogens with zero attached hydrogens (tertiary/aromatic N) is 1. The lowest BCUT2D eigenvalue weighted by Crippen LogP contribution is -2.21. The van der Waals surface area contributed by atoms with E-state index in [2.05, 4.69) is 10.3 Å². The Hall–Kier alpha value is -2.49. The number of pyridine rings is 1. The average molecular weight is 312 g/mol. The van der Waals surface area contributed by atoms with Crippen molar-refractivity contribution in [2.75, 3.05) is 0 Å². The molecule has 2 aromatic rings. The molecule has 0 radical (unpaired) electrons. The monoisotopic (exact) mass is 312 g/mol. The maximum absolute atomic E-state index is 13.4. The van der Waals surface area contributed by atoms with Crippen LogP contribution in [0.25, 0.3) is 5.57 Å². The minimum atomic E-state index is -0.239. The lowest BCUT2D eigenvalue weighted by molar-refractivity contribution is -0.116. The highest BCUT2D eigenvalue weighted by atomic mass is 19.1. The highest BCUT2D eigenvalue weighted by molar-refractivity contribution is 5.95. The number of aryl methyl sites for hydroxylation is 1. The van der Waals surface area contributed by atoms with Gasteiger partial charge in [-0.1, -0.05) is 26.0 Å². The fraction of sp³-hybridized carbons (Fsp3) is 0.263. The van der Waals surface area contributed by atoms with Crippen LogP contribution in [-0.2, 0) is 11.3 Å². The van der Waals surface area contributed by atoms with Crippen LogP contribution in [0.5, 0.6) is 0 Å². The van der Waals surface area contributed by atoms with Gasteiger partial charge in [-0.05, 0) is 53.8 Å². The van der Waals surface area contributed by atoms with E-state index in [0.717, 1.165) is 16.8 Å². The van der Waals surface area contributed by atoms with Crippen molar-refractivity contribution in [3.8, 4) is 0 Å². The molecule has 3 nitrogen and oxygen atoms in total. The van der Waals surface area contributed by atoms with E-state index in [9.17, 15) is 9.18 Å². The zero-order valence-electron chi connectivity index (χ0n) is 13.6. The van der Waals surface area contributed by atoms with Crippen molar-refractivity contribution < 1.29 is 9.18 Å². The van der Waals surface area contributed by atoms with Crippen LogP contribution in [0.2, 0.25) is 0 Å². The van der Waals surface area contributed by atoms with E-state index in [1.807, 2.05) is 32.0 Å². The van der Waals surface area contributed by atoms with Crippen LogP contribution < -0.4 is 5.32 Å². The van der Waals surface area contributed by atoms with Gasteiger partial charge in [0.1, 0.15) is 5.82 Å². The molecule has 0 aliphatic heterocycles. The molecule has 1 amide bonds. The molecular formula is C19H21FN2O. The standard InChI is InChI=1S/C19H21FN2O/c1-13(2)17(15-7-8-18(20)14(3)10-15)11-19(23)22-12-16-6-4-5-9-21-16/h4-11,13H,12H2,1-3H3,(H,22,23)/b17-11+. The Kier molecular flexibility index (Phi) is 5.63. The average Bonchev–Trinajstić information content (AvgIpc) is 2.54. The van der Waals surface area contributed by atoms with E-state index >= 15 is 0 Å². The van der Waals surface area contributed by atoms with Gasteiger partial charge in [-0.3, -0.25) is 9.78 Å². The van der Waals surface area contributed by atoms with Crippen LogP contribution in [0.15, 0.2) is 48.7 Å². The van der Waals surface area contributed by atoms with Gasteiger partial charge in [0, 0.05) is 12.3 Å². The summed E-state index contributed by atoms with van der Waals surface area (Å²) in [5, 5.41) is 2.83. The molecule has 23 heavy (non-hydrogen) atoms. The number of benzene rings is 1. The molecule has 120 valence electrons. The summed E-state index contributed by atoms with van der Waals surface area (Å²) in [4.78, 5) is 16.3. The summed E-state index contributed by atoms with van der Waals surface area (Å²) in [6, 6.07) is 10.5. The molecule has 4 heteroatoms. The van der Waals surface area contributed by atoms with Gasteiger partial charge in [0.15, 0.2) is 0 Å². The van der Waals surface area contributed by atoms with Crippen LogP contribution in [0.4, 0.5) is 4.39 Å². The SMILES string of the molecule is Cc1cc(/C(=C/C(=O)NCc2ccccn2)C(C)C)ccc1F. The second-order valence-electron chi connectivity index (χ2n) is 5.76. The number of halogens is 1. The summed E-state index contributed by atoms with van der Waals surface area (Å²) in [7, 11) is 0. The Morgan fingerprint density at radius 2 is 2.09 bits per heavy atom. The Morgan fingerprint density at radius 1 is 1.30 bits per heavy atom. The number of nitrogens with one attached hydrogen (secondary N) is 1. The molecule has 1 aromatic carbocycles. The van der Waals surface area contributed by atoms with Gasteiger partial charge < -0.3 is 5.32 Å². The predicted octanol–water partition coefficient (Wildman–Crippen LogP) is 3.88. The molecule has 0 spiro atoms. The van der Waals surface area contributed by atoms with E-state index in [1.54, 1.807) is 31.3 Å². The molecule has 1 heterocycles. The van der Waals surface area contributed by atoms with Crippen LogP contribution >= 0.6 is 0 Å². The second-order valence-corrected chi connectivity index (χ2v) is 5.76. The summed E-state index contributed by atoms with van der Waals surface area (Å²) in [6.45, 7) is 6.12. The summed E-state index contributed by atoms with van der Waals surface area (Å²) in [6.07, 6.45) is 3.28. The number of hydrogen-bond donors (Lipinski definition) is 1. The lowest BCUT2D eigenvalue weighted by Gasteiger charge is -2.13. The number of amides is 1. The molecule has 0 aliphatic rings. The third-order valence-corrected chi connectivity index (χ3v) is 3.57. The number of rotatable bonds is 5. The number of aromatic nitrogens is 1. The minimum Gasteiger partial charge on any atom is -0.347 e. The van der Waals surface area contributed by atoms with E-state index in [0.29, 0.717) is 12.1 Å². The summed E-state index contributed by atoms with van der Waals surface area (Å²) >= 11 is 0. The van der Waals surface area contributed by atoms with Crippen molar-refractivity contribution in [2.24, 2.45) is 5.92 Å². The van der Waals surface area contributed by atoms with Crippen LogP contribution in [0, 0.1) is 18.7 Å². The lowest BCUT2D eigenvalue weighted by atomic mass is 9.93. The third-order valence-electron chi connectivity index (χ3n) is 3.57. The molecule has 0 saturated heterocycles. The smallest absolute Gasteiger partial charge is 0.244 e. The van der Waals surface area contributed by atoms with Gasteiger partial charge in [0.25, 0.3) is 0 Å². The quantitative estimate of drug-likeness (QED) is 0.851. The fourth-order valence-electron chi connectivity index (χ4n) is 2.28. The Balaban J connectivity index is 2.14. The Labute approximate surface area is 136 Å². The molecule has 0 saturated carbocycles. The molecule has 1 aromatic heterocycles. The number of allylic oxidation sites excluding steroid dienone is 1. The molecule has 0 bridgehead atoms. The van der Waals surface area contributed by atoms with Gasteiger partial charge >= 0.3 is 0 Å². The number of carbonyl (C=O) groups is 1. The highest BCUT2D eigenvalue weighted by Crippen LogP contribution is 2.24. The Morgan fingerprint density at radius 3 is 2.70 bits per heavy atom. The van der Waals surface area contributed by atoms with Crippen LogP contribution in [0.3, 0.4) is 0 Å². The minimum absolute atomic E-state index is 0.153. The first kappa shape index (κ1) is 16.9. The van der Waals surface area contributed by atoms with Crippen molar-refractivity contribution in [3.05, 3.63) is 71.3 Å². The number of hydrogen-bond acceptors (Lipinski definition) is 2. The van der Waals surface area contributed by atoms with Gasteiger partial charge in [0.2, 0.25) is 5.91 Å². The summed E-state index contributed by atoms with van der Waals surface area (Å²) < 4.78 is 13.4. The van der Waals surface area contributed by atoms with E-state index < -0.39 is 0 Å². The first-order chi connectivity index (χ1) is 11.0. The molecule has 0 aliphatic carbocycles. The first-order valence-electron chi connectivity index (χ1n) is 7.63. The first-order valence-corrected chi connectivity index (χ1v) is 7.63. The fourth-order valence-corrected chi connectivity index (χ4v) is 2.28. The molecule has 0 fully saturated rings. The van der Waals surface area contributed by atoms with Crippen molar-refractivity contribution in [2.45, 2.75) is 27.3 Å². The van der Waals surface area contributed by atoms with Gasteiger partial charge in [-0.15, -0.1) is 0 Å². The van der Waals surface area contributed by atoms with Crippen molar-refractivity contribution in [3.63, 3.8) is 0 Å². The molecule has 0 unspecified atom stereocenters. The second kappa shape index (κ2) is 7.68. The topological polar surface area (TPSA) is 42.0 Å². The van der Waals surface area contributed by atoms with Crippen LogP contribution in [-0.4, -0.2) is 10.9 Å². The van der Waals surface area contributed by atoms with Gasteiger partial charge in [0.05, 0.1) is 12.2 Å². The largest absolute Gasteiger partial charge is 0.347 e. The van der Waals surface area contributed by atoms with E-state index in [4.69, 9.17) is 0 Å². The van der Waals surface area contributed by atoms with E-state index in [1.165, 1.54) is 6.07 Å². The Bertz CT molecular complexity index is 709. The van der Waals surface area contributed by atoms with Crippen LogP contribution in [0.1, 0.15) is 30.7 Å². The predicted molar refractivity (Wildman–Crippen MR) is 90.0 cm³/mol. The third kappa shape index (κ3) is 4.74. The molecular weight excluding hydrogens is 291 g/mol. The summed E-state index contributed by atoms with van der Waals surface area (Å²) in [5.74, 6) is -0.266. The van der Waals surface area contributed by atoms with Crippen molar-refractivity contribution >= 4 is 11.5 Å². The molecule has 1 N–H and O–H groups in total. The van der Waals surface area contributed by atoms with Crippen molar-refractivity contribution in [1.82, 2.24) is 10.3 Å².